The number of methoxy groups -OCH3 is 1. The molecule has 2 amide bonds. The molecular formula is C18H36N2O5. The number of hydrogen-bond acceptors (Lipinski definition) is 5. The number of ether oxygens (including phenoxy) is 2. The zero-order chi connectivity index (χ0) is 20.0. The van der Waals surface area contributed by atoms with Crippen LogP contribution in [0, 0.1) is 0 Å². The Labute approximate surface area is 152 Å². The van der Waals surface area contributed by atoms with Crippen molar-refractivity contribution in [2.24, 2.45) is 0 Å². The molecule has 0 saturated carbocycles. The number of likely N-dealkylation sites (tertiary alicyclic amines) is 1. The van der Waals surface area contributed by atoms with Crippen molar-refractivity contribution < 1.29 is 23.9 Å². The number of esters is 1. The minimum Gasteiger partial charge on any atom is -0.467 e. The van der Waals surface area contributed by atoms with Gasteiger partial charge in [-0.3, -0.25) is 4.79 Å². The van der Waals surface area contributed by atoms with Gasteiger partial charge in [0.25, 0.3) is 0 Å². The lowest BCUT2D eigenvalue weighted by Gasteiger charge is -2.23. The third-order valence-electron chi connectivity index (χ3n) is 2.83. The van der Waals surface area contributed by atoms with Gasteiger partial charge in [0, 0.05) is 6.54 Å². The maximum atomic E-state index is 12.0. The third kappa shape index (κ3) is 11.4. The van der Waals surface area contributed by atoms with Gasteiger partial charge in [0.15, 0.2) is 0 Å². The van der Waals surface area contributed by atoms with E-state index in [1.807, 2.05) is 13.8 Å². The third-order valence-corrected chi connectivity index (χ3v) is 2.83. The Morgan fingerprint density at radius 3 is 2.12 bits per heavy atom. The number of rotatable bonds is 3. The fraction of sp³-hybridized carbons (Fsp3) is 0.833. The summed E-state index contributed by atoms with van der Waals surface area (Å²) in [7, 11) is 1.29. The van der Waals surface area contributed by atoms with Gasteiger partial charge in [0.2, 0.25) is 5.91 Å². The minimum atomic E-state index is -0.653. The summed E-state index contributed by atoms with van der Waals surface area (Å²) in [6.07, 6.45) is 1.93. The van der Waals surface area contributed by atoms with Gasteiger partial charge in [0.1, 0.15) is 18.2 Å². The number of alkyl carbamates (subject to hydrolysis) is 1. The van der Waals surface area contributed by atoms with E-state index < -0.39 is 23.7 Å². The van der Waals surface area contributed by atoms with Crippen molar-refractivity contribution in [3.63, 3.8) is 0 Å². The molecule has 1 N–H and O–H groups in total. The first kappa shape index (κ1) is 25.5. The Bertz CT molecular complexity index is 405. The molecule has 0 aromatic heterocycles. The first-order chi connectivity index (χ1) is 11.7. The fourth-order valence-electron chi connectivity index (χ4n) is 2.01. The summed E-state index contributed by atoms with van der Waals surface area (Å²) >= 11 is 0. The van der Waals surface area contributed by atoms with Crippen LogP contribution in [0.15, 0.2) is 0 Å². The van der Waals surface area contributed by atoms with Gasteiger partial charge >= 0.3 is 12.1 Å². The second-order valence-electron chi connectivity index (χ2n) is 6.33. The van der Waals surface area contributed by atoms with Crippen LogP contribution in [0.3, 0.4) is 0 Å². The number of amides is 2. The van der Waals surface area contributed by atoms with Crippen LogP contribution in [-0.4, -0.2) is 54.7 Å². The van der Waals surface area contributed by atoms with Crippen molar-refractivity contribution in [2.75, 3.05) is 20.2 Å². The molecule has 1 fully saturated rings. The van der Waals surface area contributed by atoms with Crippen molar-refractivity contribution in [1.82, 2.24) is 10.2 Å². The molecule has 0 aliphatic carbocycles. The van der Waals surface area contributed by atoms with Crippen LogP contribution in [0.25, 0.3) is 0 Å². The Kier molecular flexibility index (Phi) is 13.7. The summed E-state index contributed by atoms with van der Waals surface area (Å²) in [6, 6.07) is -0.548. The molecule has 0 spiro atoms. The van der Waals surface area contributed by atoms with Crippen LogP contribution in [0.5, 0.6) is 0 Å². The normalized spacial score (nSPS) is 15.8. The quantitative estimate of drug-likeness (QED) is 0.782. The highest BCUT2D eigenvalue weighted by molar-refractivity contribution is 5.87. The SMILES string of the molecule is CC.CCC.COC(=O)C1CCCN1C(=O)CNC(=O)OC(C)(C)C. The van der Waals surface area contributed by atoms with Crippen molar-refractivity contribution in [3.8, 4) is 0 Å². The van der Waals surface area contributed by atoms with E-state index >= 15 is 0 Å². The van der Waals surface area contributed by atoms with E-state index in [0.717, 1.165) is 6.42 Å². The van der Waals surface area contributed by atoms with Crippen LogP contribution in [-0.2, 0) is 19.1 Å². The number of hydrogen-bond donors (Lipinski definition) is 1. The summed E-state index contributed by atoms with van der Waals surface area (Å²) in [4.78, 5) is 36.4. The van der Waals surface area contributed by atoms with E-state index in [-0.39, 0.29) is 12.5 Å². The first-order valence-electron chi connectivity index (χ1n) is 9.00. The molecule has 7 nitrogen and oxygen atoms in total. The molecule has 0 radical (unpaired) electrons. The number of carbonyl (C=O) groups excluding carboxylic acids is 3. The van der Waals surface area contributed by atoms with Gasteiger partial charge in [-0.05, 0) is 33.6 Å². The molecule has 1 unspecified atom stereocenters. The van der Waals surface area contributed by atoms with Crippen molar-refractivity contribution in [2.45, 2.75) is 79.4 Å². The Morgan fingerprint density at radius 2 is 1.68 bits per heavy atom. The Morgan fingerprint density at radius 1 is 1.16 bits per heavy atom. The van der Waals surface area contributed by atoms with Crippen LogP contribution >= 0.6 is 0 Å². The average molecular weight is 360 g/mol. The summed E-state index contributed by atoms with van der Waals surface area (Å²) in [6.45, 7) is 13.8. The smallest absolute Gasteiger partial charge is 0.408 e. The maximum absolute atomic E-state index is 12.0. The van der Waals surface area contributed by atoms with E-state index in [1.165, 1.54) is 18.4 Å². The topological polar surface area (TPSA) is 84.9 Å². The predicted octanol–water partition coefficient (Wildman–Crippen LogP) is 3.12. The van der Waals surface area contributed by atoms with Crippen LogP contribution in [0.1, 0.15) is 67.7 Å². The van der Waals surface area contributed by atoms with E-state index in [9.17, 15) is 14.4 Å². The molecular weight excluding hydrogens is 324 g/mol. The lowest BCUT2D eigenvalue weighted by molar-refractivity contribution is -0.150. The number of nitrogens with one attached hydrogen (secondary N) is 1. The highest BCUT2D eigenvalue weighted by Crippen LogP contribution is 2.18. The van der Waals surface area contributed by atoms with E-state index in [2.05, 4.69) is 23.9 Å². The highest BCUT2D eigenvalue weighted by Gasteiger charge is 2.34. The molecule has 1 aliphatic heterocycles. The van der Waals surface area contributed by atoms with Gasteiger partial charge < -0.3 is 19.7 Å². The first-order valence-corrected chi connectivity index (χ1v) is 9.00. The van der Waals surface area contributed by atoms with Crippen molar-refractivity contribution in [1.29, 1.82) is 0 Å². The molecule has 1 rings (SSSR count). The molecule has 148 valence electrons. The second-order valence-corrected chi connectivity index (χ2v) is 6.33. The summed E-state index contributed by atoms with van der Waals surface area (Å²) in [5.74, 6) is -0.739. The standard InChI is InChI=1S/C13H22N2O5.C3H8.C2H6/c1-13(2,3)20-12(18)14-8-10(16)15-7-5-6-9(15)11(17)19-4;1-3-2;1-2/h9H,5-8H2,1-4H3,(H,14,18);3H2,1-2H3;1-2H3. The van der Waals surface area contributed by atoms with Crippen molar-refractivity contribution in [3.05, 3.63) is 0 Å². The van der Waals surface area contributed by atoms with Gasteiger partial charge in [-0.15, -0.1) is 0 Å². The van der Waals surface area contributed by atoms with Gasteiger partial charge in [-0.1, -0.05) is 34.1 Å². The molecule has 1 atom stereocenters. The molecule has 1 aliphatic rings. The predicted molar refractivity (Wildman–Crippen MR) is 98.3 cm³/mol. The van der Waals surface area contributed by atoms with Crippen LogP contribution < -0.4 is 5.32 Å². The van der Waals surface area contributed by atoms with Crippen LogP contribution in [0.2, 0.25) is 0 Å². The summed E-state index contributed by atoms with van der Waals surface area (Å²) < 4.78 is 9.69. The van der Waals surface area contributed by atoms with Gasteiger partial charge in [-0.25, -0.2) is 9.59 Å². The lowest BCUT2D eigenvalue weighted by atomic mass is 10.2. The molecule has 1 heterocycles. The molecule has 0 bridgehead atoms. The van der Waals surface area contributed by atoms with E-state index in [1.54, 1.807) is 20.8 Å². The zero-order valence-electron chi connectivity index (χ0n) is 17.1. The van der Waals surface area contributed by atoms with Crippen molar-refractivity contribution >= 4 is 18.0 Å². The fourth-order valence-corrected chi connectivity index (χ4v) is 2.01. The van der Waals surface area contributed by atoms with E-state index in [4.69, 9.17) is 4.74 Å². The number of carbonyl (C=O) groups is 3. The largest absolute Gasteiger partial charge is 0.467 e. The van der Waals surface area contributed by atoms with Crippen LogP contribution in [0.4, 0.5) is 4.79 Å². The molecule has 25 heavy (non-hydrogen) atoms. The number of nitrogens with zero attached hydrogens (tertiary/aromatic N) is 1. The summed E-state index contributed by atoms with van der Waals surface area (Å²) in [5.41, 5.74) is -0.616. The highest BCUT2D eigenvalue weighted by atomic mass is 16.6. The molecule has 0 aromatic rings. The Balaban J connectivity index is 0. The Hall–Kier alpha value is -1.79. The average Bonchev–Trinajstić information content (AvgIpc) is 3.02. The molecule has 1 saturated heterocycles. The van der Waals surface area contributed by atoms with E-state index in [0.29, 0.717) is 13.0 Å². The maximum Gasteiger partial charge on any atom is 0.408 e. The second kappa shape index (κ2) is 13.5. The lowest BCUT2D eigenvalue weighted by Crippen LogP contribution is -2.46. The monoisotopic (exact) mass is 360 g/mol. The minimum absolute atomic E-state index is 0.192. The zero-order valence-corrected chi connectivity index (χ0v) is 17.1. The van der Waals surface area contributed by atoms with Gasteiger partial charge in [-0.2, -0.15) is 0 Å². The summed E-state index contributed by atoms with van der Waals surface area (Å²) in [5, 5.41) is 2.39. The molecule has 0 aromatic carbocycles. The molecule has 7 heteroatoms. The van der Waals surface area contributed by atoms with Gasteiger partial charge in [0.05, 0.1) is 7.11 Å².